The van der Waals surface area contributed by atoms with Crippen LogP contribution in [0, 0.1) is 0 Å². The Morgan fingerprint density at radius 3 is 2.48 bits per heavy atom. The topological polar surface area (TPSA) is 64.2 Å². The summed E-state index contributed by atoms with van der Waals surface area (Å²) in [5.74, 6) is 0.379. The van der Waals surface area contributed by atoms with Crippen molar-refractivity contribution in [2.24, 2.45) is 0 Å². The molecule has 112 valence electrons. The van der Waals surface area contributed by atoms with Gasteiger partial charge in [-0.15, -0.1) is 0 Å². The summed E-state index contributed by atoms with van der Waals surface area (Å²) in [4.78, 5) is 19.4. The Labute approximate surface area is 124 Å². The summed E-state index contributed by atoms with van der Waals surface area (Å²) in [5, 5.41) is 0. The standard InChI is InChI=1S/C16H20N2O3/c1-5-20-15(19)12-14(21-16(2,3)4)18-13(17-12)11-9-7-6-8-10-11/h6-10H,5H2,1-4H3,(H,17,18). The van der Waals surface area contributed by atoms with Crippen LogP contribution in [0.2, 0.25) is 0 Å². The highest BCUT2D eigenvalue weighted by Gasteiger charge is 2.24. The third-order valence-corrected chi connectivity index (χ3v) is 2.60. The third kappa shape index (κ3) is 3.84. The third-order valence-electron chi connectivity index (χ3n) is 2.60. The zero-order chi connectivity index (χ0) is 15.5. The second-order valence-corrected chi connectivity index (χ2v) is 5.57. The smallest absolute Gasteiger partial charge is 0.360 e. The van der Waals surface area contributed by atoms with Crippen molar-refractivity contribution < 1.29 is 14.3 Å². The van der Waals surface area contributed by atoms with Crippen molar-refractivity contribution >= 4 is 5.97 Å². The summed E-state index contributed by atoms with van der Waals surface area (Å²) in [6, 6.07) is 9.56. The second kappa shape index (κ2) is 5.99. The van der Waals surface area contributed by atoms with E-state index in [0.29, 0.717) is 12.4 Å². The maximum Gasteiger partial charge on any atom is 0.360 e. The molecule has 2 rings (SSSR count). The zero-order valence-electron chi connectivity index (χ0n) is 12.8. The van der Waals surface area contributed by atoms with Crippen molar-refractivity contribution in [1.82, 2.24) is 9.97 Å². The molecule has 0 aliphatic heterocycles. The monoisotopic (exact) mass is 288 g/mol. The van der Waals surface area contributed by atoms with Gasteiger partial charge in [0.2, 0.25) is 5.88 Å². The molecule has 1 N–H and O–H groups in total. The molecule has 0 amide bonds. The SMILES string of the molecule is CCOC(=O)c1[nH]c(-c2ccccc2)nc1OC(C)(C)C. The van der Waals surface area contributed by atoms with E-state index in [-0.39, 0.29) is 11.6 Å². The van der Waals surface area contributed by atoms with Gasteiger partial charge in [0.1, 0.15) is 11.4 Å². The van der Waals surface area contributed by atoms with Gasteiger partial charge in [0.05, 0.1) is 6.61 Å². The lowest BCUT2D eigenvalue weighted by atomic mass is 10.2. The number of aromatic amines is 1. The number of ether oxygens (including phenoxy) is 2. The summed E-state index contributed by atoms with van der Waals surface area (Å²) in [7, 11) is 0. The Balaban J connectivity index is 2.42. The molecule has 0 saturated carbocycles. The molecule has 0 spiro atoms. The molecule has 2 aromatic rings. The van der Waals surface area contributed by atoms with E-state index in [2.05, 4.69) is 9.97 Å². The fraction of sp³-hybridized carbons (Fsp3) is 0.375. The van der Waals surface area contributed by atoms with Crippen molar-refractivity contribution in [3.8, 4) is 17.3 Å². The Hall–Kier alpha value is -2.30. The minimum atomic E-state index is -0.466. The largest absolute Gasteiger partial charge is 0.470 e. The number of benzene rings is 1. The average Bonchev–Trinajstić information content (AvgIpc) is 2.82. The number of H-pyrrole nitrogens is 1. The number of carbonyl (C=O) groups excluding carboxylic acids is 1. The van der Waals surface area contributed by atoms with Crippen LogP contribution in [0.3, 0.4) is 0 Å². The van der Waals surface area contributed by atoms with E-state index < -0.39 is 11.6 Å². The van der Waals surface area contributed by atoms with Crippen molar-refractivity contribution in [3.63, 3.8) is 0 Å². The molecule has 0 unspecified atom stereocenters. The van der Waals surface area contributed by atoms with Gasteiger partial charge in [0.15, 0.2) is 5.69 Å². The Kier molecular flexibility index (Phi) is 4.31. The number of imidazole rings is 1. The summed E-state index contributed by atoms with van der Waals surface area (Å²) in [5.41, 5.74) is 0.669. The van der Waals surface area contributed by atoms with Crippen LogP contribution in [-0.4, -0.2) is 28.1 Å². The van der Waals surface area contributed by atoms with Gasteiger partial charge in [-0.05, 0) is 27.7 Å². The maximum atomic E-state index is 12.0. The molecule has 0 bridgehead atoms. The molecular formula is C16H20N2O3. The number of hydrogen-bond acceptors (Lipinski definition) is 4. The molecule has 1 heterocycles. The lowest BCUT2D eigenvalue weighted by Crippen LogP contribution is -2.24. The van der Waals surface area contributed by atoms with E-state index in [4.69, 9.17) is 9.47 Å². The van der Waals surface area contributed by atoms with Crippen molar-refractivity contribution in [2.75, 3.05) is 6.61 Å². The second-order valence-electron chi connectivity index (χ2n) is 5.57. The van der Waals surface area contributed by atoms with E-state index in [0.717, 1.165) is 5.56 Å². The zero-order valence-corrected chi connectivity index (χ0v) is 12.8. The molecule has 0 saturated heterocycles. The Morgan fingerprint density at radius 1 is 1.24 bits per heavy atom. The predicted octanol–water partition coefficient (Wildman–Crippen LogP) is 3.43. The summed E-state index contributed by atoms with van der Waals surface area (Å²) < 4.78 is 10.8. The molecule has 1 aromatic carbocycles. The minimum Gasteiger partial charge on any atom is -0.470 e. The number of esters is 1. The van der Waals surface area contributed by atoms with Gasteiger partial charge in [-0.2, -0.15) is 4.98 Å². The van der Waals surface area contributed by atoms with Crippen molar-refractivity contribution in [1.29, 1.82) is 0 Å². The molecule has 1 aromatic heterocycles. The fourth-order valence-corrected chi connectivity index (χ4v) is 1.80. The fourth-order valence-electron chi connectivity index (χ4n) is 1.80. The number of hydrogen-bond donors (Lipinski definition) is 1. The number of nitrogens with one attached hydrogen (secondary N) is 1. The van der Waals surface area contributed by atoms with Gasteiger partial charge in [0, 0.05) is 5.56 Å². The van der Waals surface area contributed by atoms with Gasteiger partial charge in [-0.25, -0.2) is 4.79 Å². The first-order chi connectivity index (χ1) is 9.90. The van der Waals surface area contributed by atoms with Crippen LogP contribution in [0.25, 0.3) is 11.4 Å². The van der Waals surface area contributed by atoms with Crippen LogP contribution in [0.1, 0.15) is 38.2 Å². The minimum absolute atomic E-state index is 0.241. The van der Waals surface area contributed by atoms with E-state index in [9.17, 15) is 4.79 Å². The molecule has 0 fully saturated rings. The van der Waals surface area contributed by atoms with Crippen LogP contribution in [0.5, 0.6) is 5.88 Å². The summed E-state index contributed by atoms with van der Waals surface area (Å²) in [6.45, 7) is 7.76. The average molecular weight is 288 g/mol. The van der Waals surface area contributed by atoms with Crippen molar-refractivity contribution in [3.05, 3.63) is 36.0 Å². The molecule has 0 atom stereocenters. The lowest BCUT2D eigenvalue weighted by molar-refractivity contribution is 0.0505. The van der Waals surface area contributed by atoms with E-state index in [1.54, 1.807) is 6.92 Å². The molecule has 5 heteroatoms. The van der Waals surface area contributed by atoms with Gasteiger partial charge in [-0.1, -0.05) is 30.3 Å². The van der Waals surface area contributed by atoms with Gasteiger partial charge in [-0.3, -0.25) is 0 Å². The predicted molar refractivity (Wildman–Crippen MR) is 80.4 cm³/mol. The Bertz CT molecular complexity index is 612. The maximum absolute atomic E-state index is 12.0. The van der Waals surface area contributed by atoms with E-state index >= 15 is 0 Å². The van der Waals surface area contributed by atoms with Gasteiger partial charge in [0.25, 0.3) is 0 Å². The molecule has 21 heavy (non-hydrogen) atoms. The Morgan fingerprint density at radius 2 is 1.90 bits per heavy atom. The van der Waals surface area contributed by atoms with Crippen LogP contribution in [-0.2, 0) is 4.74 Å². The molecule has 5 nitrogen and oxygen atoms in total. The molecule has 0 radical (unpaired) electrons. The number of nitrogens with zero attached hydrogens (tertiary/aromatic N) is 1. The van der Waals surface area contributed by atoms with Crippen molar-refractivity contribution in [2.45, 2.75) is 33.3 Å². The van der Waals surface area contributed by atoms with Crippen LogP contribution in [0.4, 0.5) is 0 Å². The summed E-state index contributed by atoms with van der Waals surface area (Å²) >= 11 is 0. The van der Waals surface area contributed by atoms with Crippen LogP contribution in [0.15, 0.2) is 30.3 Å². The number of aromatic nitrogens is 2. The lowest BCUT2D eigenvalue weighted by Gasteiger charge is -2.19. The highest BCUT2D eigenvalue weighted by Crippen LogP contribution is 2.26. The summed E-state index contributed by atoms with van der Waals surface area (Å²) in [6.07, 6.45) is 0. The molecule has 0 aliphatic carbocycles. The number of carbonyl (C=O) groups is 1. The van der Waals surface area contributed by atoms with Gasteiger partial charge < -0.3 is 14.5 Å². The van der Waals surface area contributed by atoms with Crippen LogP contribution >= 0.6 is 0 Å². The highest BCUT2D eigenvalue weighted by atomic mass is 16.5. The quantitative estimate of drug-likeness (QED) is 0.875. The molecule has 0 aliphatic rings. The van der Waals surface area contributed by atoms with Crippen LogP contribution < -0.4 is 4.74 Å². The molecular weight excluding hydrogens is 268 g/mol. The normalized spacial score (nSPS) is 11.2. The number of rotatable bonds is 4. The van der Waals surface area contributed by atoms with E-state index in [1.807, 2.05) is 51.1 Å². The first-order valence-electron chi connectivity index (χ1n) is 6.92. The first-order valence-corrected chi connectivity index (χ1v) is 6.92. The van der Waals surface area contributed by atoms with Gasteiger partial charge >= 0.3 is 5.97 Å². The van der Waals surface area contributed by atoms with E-state index in [1.165, 1.54) is 0 Å². The highest BCUT2D eigenvalue weighted by molar-refractivity contribution is 5.90. The first kappa shape index (κ1) is 15.1.